The van der Waals surface area contributed by atoms with Crippen molar-refractivity contribution >= 4 is 11.8 Å². The van der Waals surface area contributed by atoms with Crippen LogP contribution in [0.1, 0.15) is 32.4 Å². The maximum absolute atomic E-state index is 9.41. The predicted octanol–water partition coefficient (Wildman–Crippen LogP) is 2.00. The van der Waals surface area contributed by atoms with Crippen LogP contribution in [0.5, 0.6) is 0 Å². The Morgan fingerprint density at radius 3 is 2.47 bits per heavy atom. The van der Waals surface area contributed by atoms with Crippen molar-refractivity contribution in [2.45, 2.75) is 43.3 Å². The van der Waals surface area contributed by atoms with Gasteiger partial charge in [-0.25, -0.2) is 4.98 Å². The fourth-order valence-electron chi connectivity index (χ4n) is 1.04. The van der Waals surface area contributed by atoms with Gasteiger partial charge in [-0.05, 0) is 31.5 Å². The lowest BCUT2D eigenvalue weighted by atomic mass is 10.2. The molecule has 2 N–H and O–H groups in total. The van der Waals surface area contributed by atoms with Gasteiger partial charge in [-0.2, -0.15) is 0 Å². The minimum absolute atomic E-state index is 0.0988. The molecule has 0 amide bonds. The summed E-state index contributed by atoms with van der Waals surface area (Å²) in [5.74, 6) is 0. The van der Waals surface area contributed by atoms with Gasteiger partial charge in [0.25, 0.3) is 0 Å². The Kier molecular flexibility index (Phi) is 4.57. The molecular weight excluding hydrogens is 210 g/mol. The summed E-state index contributed by atoms with van der Waals surface area (Å²) in [6.07, 6.45) is 0.834. The summed E-state index contributed by atoms with van der Waals surface area (Å²) in [6.45, 7) is 5.43. The highest BCUT2D eigenvalue weighted by molar-refractivity contribution is 7.99. The largest absolute Gasteiger partial charge is 0.392 e. The maximum atomic E-state index is 9.41. The third-order valence-electron chi connectivity index (χ3n) is 2.23. The molecule has 0 aliphatic carbocycles. The number of aliphatic hydroxyl groups is 2. The summed E-state index contributed by atoms with van der Waals surface area (Å²) in [5.41, 5.74) is 0.852. The fourth-order valence-corrected chi connectivity index (χ4v) is 1.94. The van der Waals surface area contributed by atoms with E-state index in [1.807, 2.05) is 13.0 Å². The number of hydrogen-bond acceptors (Lipinski definition) is 4. The van der Waals surface area contributed by atoms with E-state index in [0.29, 0.717) is 0 Å². The lowest BCUT2D eigenvalue weighted by Crippen LogP contribution is -2.15. The minimum atomic E-state index is -0.478. The third kappa shape index (κ3) is 3.81. The van der Waals surface area contributed by atoms with Crippen molar-refractivity contribution in [2.24, 2.45) is 0 Å². The van der Waals surface area contributed by atoms with Gasteiger partial charge in [-0.3, -0.25) is 0 Å². The van der Waals surface area contributed by atoms with E-state index >= 15 is 0 Å². The van der Waals surface area contributed by atoms with Crippen molar-refractivity contribution < 1.29 is 10.2 Å². The zero-order valence-electron chi connectivity index (χ0n) is 9.21. The molecule has 1 rings (SSSR count). The molecule has 3 unspecified atom stereocenters. The van der Waals surface area contributed by atoms with E-state index in [4.69, 9.17) is 0 Å². The van der Waals surface area contributed by atoms with Gasteiger partial charge in [0.2, 0.25) is 0 Å². The second-order valence-corrected chi connectivity index (χ2v) is 5.06. The topological polar surface area (TPSA) is 53.4 Å². The van der Waals surface area contributed by atoms with Crippen molar-refractivity contribution in [2.75, 3.05) is 0 Å². The number of aromatic nitrogens is 1. The highest BCUT2D eigenvalue weighted by Crippen LogP contribution is 2.25. The number of nitrogens with zero attached hydrogens (tertiary/aromatic N) is 1. The second-order valence-electron chi connectivity index (χ2n) is 3.67. The molecule has 0 radical (unpaired) electrons. The smallest absolute Gasteiger partial charge is 0.0967 e. The summed E-state index contributed by atoms with van der Waals surface area (Å²) in [5, 5.41) is 19.7. The van der Waals surface area contributed by atoms with Gasteiger partial charge < -0.3 is 10.2 Å². The number of pyridine rings is 1. The van der Waals surface area contributed by atoms with Gasteiger partial charge in [0.15, 0.2) is 0 Å². The van der Waals surface area contributed by atoms with Crippen LogP contribution >= 0.6 is 11.8 Å². The van der Waals surface area contributed by atoms with Crippen molar-refractivity contribution in [3.8, 4) is 0 Å². The first-order valence-corrected chi connectivity index (χ1v) is 5.87. The van der Waals surface area contributed by atoms with E-state index in [1.165, 1.54) is 11.8 Å². The molecule has 3 atom stereocenters. The Balaban J connectivity index is 2.73. The Labute approximate surface area is 94.6 Å². The number of rotatable bonds is 4. The molecule has 0 spiro atoms. The molecule has 84 valence electrons. The molecule has 1 aromatic rings. The monoisotopic (exact) mass is 227 g/mol. The van der Waals surface area contributed by atoms with Crippen LogP contribution in [0.15, 0.2) is 23.4 Å². The third-order valence-corrected chi connectivity index (χ3v) is 3.46. The van der Waals surface area contributed by atoms with E-state index in [9.17, 15) is 10.2 Å². The fraction of sp³-hybridized carbons (Fsp3) is 0.545. The second kappa shape index (κ2) is 5.49. The summed E-state index contributed by atoms with van der Waals surface area (Å²) in [6, 6.07) is 3.65. The lowest BCUT2D eigenvalue weighted by molar-refractivity contribution is 0.196. The summed E-state index contributed by atoms with van der Waals surface area (Å²) in [7, 11) is 0. The van der Waals surface area contributed by atoms with E-state index < -0.39 is 6.10 Å². The van der Waals surface area contributed by atoms with Crippen LogP contribution in [0.4, 0.5) is 0 Å². The van der Waals surface area contributed by atoms with Gasteiger partial charge in [0.1, 0.15) is 0 Å². The first-order valence-electron chi connectivity index (χ1n) is 4.99. The molecule has 0 aliphatic heterocycles. The normalized spacial score (nSPS) is 17.1. The maximum Gasteiger partial charge on any atom is 0.0967 e. The molecule has 0 saturated heterocycles. The molecule has 1 aromatic heterocycles. The SMILES string of the molecule is CC(O)c1ccnc(SC(C)C(C)O)c1. The molecule has 15 heavy (non-hydrogen) atoms. The summed E-state index contributed by atoms with van der Waals surface area (Å²) in [4.78, 5) is 4.18. The van der Waals surface area contributed by atoms with E-state index in [2.05, 4.69) is 4.98 Å². The van der Waals surface area contributed by atoms with Gasteiger partial charge in [-0.15, -0.1) is 11.8 Å². The Morgan fingerprint density at radius 1 is 1.27 bits per heavy atom. The lowest BCUT2D eigenvalue weighted by Gasteiger charge is -2.14. The van der Waals surface area contributed by atoms with Crippen LogP contribution in [0, 0.1) is 0 Å². The van der Waals surface area contributed by atoms with Crippen molar-refractivity contribution in [1.29, 1.82) is 0 Å². The van der Waals surface area contributed by atoms with Crippen LogP contribution in [-0.2, 0) is 0 Å². The summed E-state index contributed by atoms with van der Waals surface area (Å²) >= 11 is 1.51. The first-order chi connectivity index (χ1) is 7.00. The highest BCUT2D eigenvalue weighted by atomic mass is 32.2. The van der Waals surface area contributed by atoms with E-state index in [0.717, 1.165) is 10.6 Å². The molecule has 0 fully saturated rings. The Bertz CT molecular complexity index is 315. The predicted molar refractivity (Wildman–Crippen MR) is 61.9 cm³/mol. The van der Waals surface area contributed by atoms with Crippen LogP contribution < -0.4 is 0 Å². The Morgan fingerprint density at radius 2 is 1.93 bits per heavy atom. The number of hydrogen-bond donors (Lipinski definition) is 2. The molecule has 3 nitrogen and oxygen atoms in total. The minimum Gasteiger partial charge on any atom is -0.392 e. The molecule has 0 bridgehead atoms. The van der Waals surface area contributed by atoms with Crippen molar-refractivity contribution in [3.05, 3.63) is 23.9 Å². The molecule has 4 heteroatoms. The average Bonchev–Trinajstić information content (AvgIpc) is 2.18. The van der Waals surface area contributed by atoms with Crippen LogP contribution in [0.25, 0.3) is 0 Å². The summed E-state index contributed by atoms with van der Waals surface area (Å²) < 4.78 is 0. The van der Waals surface area contributed by atoms with Gasteiger partial charge in [0.05, 0.1) is 17.2 Å². The zero-order valence-corrected chi connectivity index (χ0v) is 10.0. The van der Waals surface area contributed by atoms with Gasteiger partial charge in [-0.1, -0.05) is 6.92 Å². The van der Waals surface area contributed by atoms with E-state index in [1.54, 1.807) is 26.1 Å². The Hall–Kier alpha value is -0.580. The van der Waals surface area contributed by atoms with Crippen molar-refractivity contribution in [1.82, 2.24) is 4.98 Å². The zero-order chi connectivity index (χ0) is 11.4. The number of aliphatic hydroxyl groups excluding tert-OH is 2. The molecule has 1 heterocycles. The van der Waals surface area contributed by atoms with E-state index in [-0.39, 0.29) is 11.4 Å². The van der Waals surface area contributed by atoms with Gasteiger partial charge >= 0.3 is 0 Å². The number of thioether (sulfide) groups is 1. The first kappa shape index (κ1) is 12.5. The molecular formula is C11H17NO2S. The van der Waals surface area contributed by atoms with Crippen LogP contribution in [0.3, 0.4) is 0 Å². The molecule has 0 aromatic carbocycles. The van der Waals surface area contributed by atoms with Crippen molar-refractivity contribution in [3.63, 3.8) is 0 Å². The standard InChI is InChI=1S/C11H17NO2S/c1-7(13)9(3)15-11-6-10(8(2)14)4-5-12-11/h4-9,13-14H,1-3H3. The quantitative estimate of drug-likeness (QED) is 0.772. The molecule has 0 saturated carbocycles. The van der Waals surface area contributed by atoms with Crippen LogP contribution in [0.2, 0.25) is 0 Å². The van der Waals surface area contributed by atoms with Gasteiger partial charge in [0, 0.05) is 11.4 Å². The molecule has 0 aliphatic rings. The van der Waals surface area contributed by atoms with Crippen LogP contribution in [-0.4, -0.2) is 26.6 Å². The average molecular weight is 227 g/mol. The highest BCUT2D eigenvalue weighted by Gasteiger charge is 2.12.